The van der Waals surface area contributed by atoms with E-state index in [0.29, 0.717) is 22.8 Å². The van der Waals surface area contributed by atoms with E-state index in [2.05, 4.69) is 19.1 Å². The van der Waals surface area contributed by atoms with Gasteiger partial charge in [-0.1, -0.05) is 75.1 Å². The van der Waals surface area contributed by atoms with Gasteiger partial charge >= 0.3 is 5.97 Å². The molecule has 4 heteroatoms. The number of amides is 1. The molecular weight excluding hydrogens is 434 g/mol. The Kier molecular flexibility index (Phi) is 8.36. The molecule has 0 spiro atoms. The normalized spacial score (nSPS) is 17.6. The molecule has 35 heavy (non-hydrogen) atoms. The van der Waals surface area contributed by atoms with Crippen LogP contribution in [-0.2, 0) is 0 Å². The third-order valence-electron chi connectivity index (χ3n) is 7.23. The van der Waals surface area contributed by atoms with Crippen LogP contribution in [0.1, 0.15) is 90.5 Å². The number of ether oxygens (including phenoxy) is 1. The van der Waals surface area contributed by atoms with Crippen molar-refractivity contribution in [2.75, 3.05) is 0 Å². The summed E-state index contributed by atoms with van der Waals surface area (Å²) in [5.74, 6) is 0.794. The maximum absolute atomic E-state index is 13.3. The molecule has 0 aliphatic heterocycles. The fraction of sp³-hybridized carbons (Fsp3) is 0.355. The number of carbonyl (C=O) groups is 2. The van der Waals surface area contributed by atoms with Crippen LogP contribution < -0.4 is 10.5 Å². The molecule has 182 valence electrons. The number of hydrogen-bond donors (Lipinski definition) is 1. The van der Waals surface area contributed by atoms with Gasteiger partial charge in [0.2, 0.25) is 5.91 Å². The monoisotopic (exact) mass is 469 g/mol. The maximum Gasteiger partial charge on any atom is 0.344 e. The predicted octanol–water partition coefficient (Wildman–Crippen LogP) is 7.53. The summed E-state index contributed by atoms with van der Waals surface area (Å²) in [6.07, 6.45) is 10.2. The van der Waals surface area contributed by atoms with E-state index in [0.717, 1.165) is 17.0 Å². The molecule has 1 amide bonds. The van der Waals surface area contributed by atoms with E-state index in [1.165, 1.54) is 56.9 Å². The van der Waals surface area contributed by atoms with Gasteiger partial charge in [0.05, 0.1) is 5.56 Å². The molecule has 0 atom stereocenters. The number of carbonyl (C=O) groups excluding carboxylic acids is 2. The van der Waals surface area contributed by atoms with Crippen molar-refractivity contribution in [1.29, 1.82) is 0 Å². The Balaban J connectivity index is 1.55. The van der Waals surface area contributed by atoms with Crippen molar-refractivity contribution < 1.29 is 14.3 Å². The van der Waals surface area contributed by atoms with E-state index < -0.39 is 11.9 Å². The summed E-state index contributed by atoms with van der Waals surface area (Å²) in [4.78, 5) is 24.7. The molecule has 1 saturated carbocycles. The Labute approximate surface area is 208 Å². The average molecular weight is 470 g/mol. The minimum Gasteiger partial charge on any atom is -0.423 e. The number of esters is 1. The van der Waals surface area contributed by atoms with Gasteiger partial charge in [-0.2, -0.15) is 0 Å². The summed E-state index contributed by atoms with van der Waals surface area (Å²) in [5.41, 5.74) is 9.32. The highest BCUT2D eigenvalue weighted by atomic mass is 16.5. The second kappa shape index (κ2) is 11.8. The fourth-order valence-electron chi connectivity index (χ4n) is 5.17. The average Bonchev–Trinajstić information content (AvgIpc) is 2.90. The van der Waals surface area contributed by atoms with Crippen molar-refractivity contribution in [3.63, 3.8) is 0 Å². The molecule has 1 aliphatic rings. The molecule has 0 radical (unpaired) electrons. The third-order valence-corrected chi connectivity index (χ3v) is 7.23. The van der Waals surface area contributed by atoms with Crippen molar-refractivity contribution in [2.45, 2.75) is 64.2 Å². The van der Waals surface area contributed by atoms with Crippen molar-refractivity contribution >= 4 is 11.9 Å². The van der Waals surface area contributed by atoms with E-state index in [1.54, 1.807) is 24.3 Å². The first-order valence-corrected chi connectivity index (χ1v) is 12.9. The Hall–Kier alpha value is -3.40. The largest absolute Gasteiger partial charge is 0.423 e. The second-order valence-electron chi connectivity index (χ2n) is 9.66. The number of rotatable bonds is 9. The van der Waals surface area contributed by atoms with Crippen molar-refractivity contribution in [3.05, 3.63) is 89.5 Å². The zero-order valence-corrected chi connectivity index (χ0v) is 20.5. The topological polar surface area (TPSA) is 69.4 Å². The van der Waals surface area contributed by atoms with Crippen LogP contribution in [0.25, 0.3) is 11.1 Å². The van der Waals surface area contributed by atoms with Crippen LogP contribution in [0.2, 0.25) is 0 Å². The Bertz CT molecular complexity index is 1130. The maximum atomic E-state index is 13.3. The SMILES string of the molecule is CCCCCC1CCC(c2ccc(-c3ccccc3)c(C(=O)Oc3ccc(C(N)=O)cc3)c2)CC1. The summed E-state index contributed by atoms with van der Waals surface area (Å²) < 4.78 is 5.72. The first kappa shape index (κ1) is 24.7. The molecule has 0 aromatic heterocycles. The van der Waals surface area contributed by atoms with Gasteiger partial charge in [-0.25, -0.2) is 4.79 Å². The number of primary amides is 1. The lowest BCUT2D eigenvalue weighted by Gasteiger charge is -2.29. The van der Waals surface area contributed by atoms with Crippen LogP contribution in [0.4, 0.5) is 0 Å². The lowest BCUT2D eigenvalue weighted by molar-refractivity contribution is 0.0735. The molecule has 0 unspecified atom stereocenters. The minimum atomic E-state index is -0.512. The van der Waals surface area contributed by atoms with E-state index in [9.17, 15) is 9.59 Å². The van der Waals surface area contributed by atoms with E-state index in [1.807, 2.05) is 36.4 Å². The number of benzene rings is 3. The molecule has 0 bridgehead atoms. The lowest BCUT2D eigenvalue weighted by atomic mass is 9.76. The van der Waals surface area contributed by atoms with Gasteiger partial charge in [-0.3, -0.25) is 4.79 Å². The first-order valence-electron chi connectivity index (χ1n) is 12.9. The molecule has 1 fully saturated rings. The van der Waals surface area contributed by atoms with E-state index in [4.69, 9.17) is 10.5 Å². The highest BCUT2D eigenvalue weighted by molar-refractivity contribution is 5.99. The van der Waals surface area contributed by atoms with Crippen LogP contribution in [0.5, 0.6) is 5.75 Å². The number of nitrogens with two attached hydrogens (primary N) is 1. The quantitative estimate of drug-likeness (QED) is 0.200. The zero-order chi connectivity index (χ0) is 24.6. The summed E-state index contributed by atoms with van der Waals surface area (Å²) >= 11 is 0. The fourth-order valence-corrected chi connectivity index (χ4v) is 5.17. The first-order chi connectivity index (χ1) is 17.0. The molecule has 1 aliphatic carbocycles. The Morgan fingerprint density at radius 1 is 0.886 bits per heavy atom. The van der Waals surface area contributed by atoms with E-state index >= 15 is 0 Å². The molecule has 2 N–H and O–H groups in total. The summed E-state index contributed by atoms with van der Waals surface area (Å²) in [5, 5.41) is 0. The second-order valence-corrected chi connectivity index (χ2v) is 9.66. The minimum absolute atomic E-state index is 0.377. The van der Waals surface area contributed by atoms with Gasteiger partial charge in [0, 0.05) is 5.56 Å². The van der Waals surface area contributed by atoms with Crippen LogP contribution >= 0.6 is 0 Å². The highest BCUT2D eigenvalue weighted by Gasteiger charge is 2.24. The van der Waals surface area contributed by atoms with Crippen molar-refractivity contribution in [2.24, 2.45) is 11.7 Å². The lowest BCUT2D eigenvalue weighted by Crippen LogP contribution is -2.15. The van der Waals surface area contributed by atoms with Crippen LogP contribution in [0.3, 0.4) is 0 Å². The van der Waals surface area contributed by atoms with Crippen LogP contribution in [0, 0.1) is 5.92 Å². The molecule has 3 aromatic carbocycles. The van der Waals surface area contributed by atoms with Crippen LogP contribution in [-0.4, -0.2) is 11.9 Å². The molecule has 4 nitrogen and oxygen atoms in total. The smallest absolute Gasteiger partial charge is 0.344 e. The zero-order valence-electron chi connectivity index (χ0n) is 20.5. The van der Waals surface area contributed by atoms with E-state index in [-0.39, 0.29) is 0 Å². The number of hydrogen-bond acceptors (Lipinski definition) is 3. The van der Waals surface area contributed by atoms with Gasteiger partial charge < -0.3 is 10.5 Å². The molecule has 3 aromatic rings. The van der Waals surface area contributed by atoms with Gasteiger partial charge in [-0.15, -0.1) is 0 Å². The standard InChI is InChI=1S/C31H35NO3/c1-2-3-5-8-22-11-13-23(14-12-22)26-17-20-28(24-9-6-4-7-10-24)29(21-26)31(34)35-27-18-15-25(16-19-27)30(32)33/h4,6-7,9-10,15-23H,2-3,5,8,11-14H2,1H3,(H2,32,33). The predicted molar refractivity (Wildman–Crippen MR) is 141 cm³/mol. The molecular formula is C31H35NO3. The third kappa shape index (κ3) is 6.39. The Morgan fingerprint density at radius 2 is 1.60 bits per heavy atom. The van der Waals surface area contributed by atoms with Gasteiger partial charge in [0.1, 0.15) is 5.75 Å². The van der Waals surface area contributed by atoms with Crippen LogP contribution in [0.15, 0.2) is 72.8 Å². The summed E-state index contributed by atoms with van der Waals surface area (Å²) in [7, 11) is 0. The summed E-state index contributed by atoms with van der Waals surface area (Å²) in [6.45, 7) is 2.26. The van der Waals surface area contributed by atoms with Gasteiger partial charge in [0.15, 0.2) is 0 Å². The molecule has 4 rings (SSSR count). The van der Waals surface area contributed by atoms with Crippen molar-refractivity contribution in [3.8, 4) is 16.9 Å². The highest BCUT2D eigenvalue weighted by Crippen LogP contribution is 2.39. The summed E-state index contributed by atoms with van der Waals surface area (Å²) in [6, 6.07) is 22.5. The molecule has 0 saturated heterocycles. The molecule has 0 heterocycles. The number of unbranched alkanes of at least 4 members (excludes halogenated alkanes) is 2. The van der Waals surface area contributed by atoms with Gasteiger partial charge in [0.25, 0.3) is 0 Å². The Morgan fingerprint density at radius 3 is 2.26 bits per heavy atom. The van der Waals surface area contributed by atoms with Gasteiger partial charge in [-0.05, 0) is 84.5 Å². The van der Waals surface area contributed by atoms with Crippen molar-refractivity contribution in [1.82, 2.24) is 0 Å².